The lowest BCUT2D eigenvalue weighted by Gasteiger charge is -2.11. The predicted octanol–water partition coefficient (Wildman–Crippen LogP) is 3.65. The monoisotopic (exact) mass is 304 g/mol. The Morgan fingerprint density at radius 2 is 2.14 bits per heavy atom. The first-order valence-corrected chi connectivity index (χ1v) is 7.81. The highest BCUT2D eigenvalue weighted by atomic mass is 32.1. The molecule has 2 heterocycles. The number of amides is 1. The molecule has 0 aliphatic rings. The van der Waals surface area contributed by atoms with Crippen molar-refractivity contribution >= 4 is 28.2 Å². The molecule has 0 aromatic carbocycles. The van der Waals surface area contributed by atoms with E-state index in [-0.39, 0.29) is 11.8 Å². The quantitative estimate of drug-likeness (QED) is 0.884. The third-order valence-corrected chi connectivity index (χ3v) is 3.73. The van der Waals surface area contributed by atoms with Crippen molar-refractivity contribution in [2.45, 2.75) is 33.6 Å². The molecule has 0 atom stereocenters. The molecule has 5 nitrogen and oxygen atoms in total. The lowest BCUT2D eigenvalue weighted by molar-refractivity contribution is 0.102. The summed E-state index contributed by atoms with van der Waals surface area (Å²) in [4.78, 5) is 22.1. The van der Waals surface area contributed by atoms with E-state index in [2.05, 4.69) is 34.4 Å². The molecule has 0 unspecified atom stereocenters. The van der Waals surface area contributed by atoms with E-state index in [1.807, 2.05) is 19.9 Å². The zero-order valence-electron chi connectivity index (χ0n) is 12.7. The van der Waals surface area contributed by atoms with Gasteiger partial charge in [-0.05, 0) is 31.9 Å². The second kappa shape index (κ2) is 6.67. The first kappa shape index (κ1) is 15.4. The largest absolute Gasteiger partial charge is 0.370 e. The van der Waals surface area contributed by atoms with Gasteiger partial charge >= 0.3 is 0 Å². The zero-order valence-corrected chi connectivity index (χ0v) is 13.5. The van der Waals surface area contributed by atoms with Gasteiger partial charge < -0.3 is 5.32 Å². The average molecular weight is 304 g/mol. The Morgan fingerprint density at radius 3 is 2.71 bits per heavy atom. The molecule has 0 radical (unpaired) electrons. The lowest BCUT2D eigenvalue weighted by Crippen LogP contribution is -2.14. The summed E-state index contributed by atoms with van der Waals surface area (Å²) in [5, 5.41) is 6.61. The van der Waals surface area contributed by atoms with Gasteiger partial charge in [0, 0.05) is 28.9 Å². The highest BCUT2D eigenvalue weighted by Gasteiger charge is 2.13. The van der Waals surface area contributed by atoms with E-state index in [0.717, 1.165) is 22.9 Å². The second-order valence-corrected chi connectivity index (χ2v) is 6.32. The number of nitrogens with zero attached hydrogens (tertiary/aromatic N) is 2. The summed E-state index contributed by atoms with van der Waals surface area (Å²) >= 11 is 1.46. The summed E-state index contributed by atoms with van der Waals surface area (Å²) in [7, 11) is 0. The zero-order chi connectivity index (χ0) is 15.4. The van der Waals surface area contributed by atoms with Gasteiger partial charge in [-0.2, -0.15) is 0 Å². The Kier molecular flexibility index (Phi) is 4.90. The van der Waals surface area contributed by atoms with Gasteiger partial charge in [-0.15, -0.1) is 11.3 Å². The molecule has 0 saturated heterocycles. The van der Waals surface area contributed by atoms with E-state index in [1.54, 1.807) is 12.3 Å². The molecule has 21 heavy (non-hydrogen) atoms. The minimum atomic E-state index is -0.159. The minimum Gasteiger partial charge on any atom is -0.370 e. The number of carbonyl (C=O) groups is 1. The Labute approximate surface area is 128 Å². The number of nitrogens with one attached hydrogen (secondary N) is 2. The predicted molar refractivity (Wildman–Crippen MR) is 87.3 cm³/mol. The third kappa shape index (κ3) is 4.01. The van der Waals surface area contributed by atoms with Crippen molar-refractivity contribution in [3.63, 3.8) is 0 Å². The van der Waals surface area contributed by atoms with E-state index in [0.29, 0.717) is 10.7 Å². The maximum absolute atomic E-state index is 12.4. The first-order chi connectivity index (χ1) is 9.99. The SMILES string of the molecule is CCNc1cc(C(=O)Nc2ncc(C)s2)cc(C(C)C)n1. The summed E-state index contributed by atoms with van der Waals surface area (Å²) < 4.78 is 0. The van der Waals surface area contributed by atoms with Gasteiger partial charge in [0.2, 0.25) is 0 Å². The standard InChI is InChI=1S/C15H20N4OS/c1-5-16-13-7-11(6-12(18-13)9(2)3)14(20)19-15-17-8-10(4)21-15/h6-9H,5H2,1-4H3,(H,16,18)(H,17,19,20). The van der Waals surface area contributed by atoms with E-state index >= 15 is 0 Å². The van der Waals surface area contributed by atoms with Gasteiger partial charge in [-0.1, -0.05) is 13.8 Å². The van der Waals surface area contributed by atoms with E-state index < -0.39 is 0 Å². The van der Waals surface area contributed by atoms with Crippen LogP contribution in [0.4, 0.5) is 10.9 Å². The molecule has 0 aliphatic carbocycles. The Hall–Kier alpha value is -1.95. The number of aryl methyl sites for hydroxylation is 1. The summed E-state index contributed by atoms with van der Waals surface area (Å²) in [6, 6.07) is 3.60. The van der Waals surface area contributed by atoms with Crippen LogP contribution in [0.25, 0.3) is 0 Å². The molecule has 2 rings (SSSR count). The van der Waals surface area contributed by atoms with Crippen LogP contribution in [-0.4, -0.2) is 22.4 Å². The van der Waals surface area contributed by atoms with Gasteiger partial charge in [0.1, 0.15) is 5.82 Å². The molecule has 0 fully saturated rings. The molecule has 0 bridgehead atoms. The Bertz CT molecular complexity index is 636. The van der Waals surface area contributed by atoms with Gasteiger partial charge in [0.15, 0.2) is 5.13 Å². The van der Waals surface area contributed by atoms with Crippen LogP contribution in [0.1, 0.15) is 47.6 Å². The maximum atomic E-state index is 12.4. The lowest BCUT2D eigenvalue weighted by atomic mass is 10.1. The first-order valence-electron chi connectivity index (χ1n) is 6.99. The second-order valence-electron chi connectivity index (χ2n) is 5.08. The number of aromatic nitrogens is 2. The number of carbonyl (C=O) groups excluding carboxylic acids is 1. The van der Waals surface area contributed by atoms with Crippen molar-refractivity contribution in [3.05, 3.63) is 34.5 Å². The van der Waals surface area contributed by atoms with Crippen LogP contribution in [0.5, 0.6) is 0 Å². The van der Waals surface area contributed by atoms with Crippen LogP contribution in [-0.2, 0) is 0 Å². The van der Waals surface area contributed by atoms with Crippen molar-refractivity contribution in [1.29, 1.82) is 0 Å². The summed E-state index contributed by atoms with van der Waals surface area (Å²) in [5.41, 5.74) is 1.49. The Morgan fingerprint density at radius 1 is 1.38 bits per heavy atom. The van der Waals surface area contributed by atoms with Crippen LogP contribution in [0, 0.1) is 6.92 Å². The topological polar surface area (TPSA) is 66.9 Å². The van der Waals surface area contributed by atoms with Crippen molar-refractivity contribution in [1.82, 2.24) is 9.97 Å². The third-order valence-electron chi connectivity index (χ3n) is 2.90. The van der Waals surface area contributed by atoms with Crippen molar-refractivity contribution in [3.8, 4) is 0 Å². The normalized spacial score (nSPS) is 10.7. The number of hydrogen-bond donors (Lipinski definition) is 2. The molecular weight excluding hydrogens is 284 g/mol. The smallest absolute Gasteiger partial charge is 0.257 e. The van der Waals surface area contributed by atoms with E-state index in [4.69, 9.17) is 0 Å². The maximum Gasteiger partial charge on any atom is 0.257 e. The van der Waals surface area contributed by atoms with E-state index in [1.165, 1.54) is 11.3 Å². The Balaban J connectivity index is 2.26. The molecule has 1 amide bonds. The average Bonchev–Trinajstić information content (AvgIpc) is 2.84. The van der Waals surface area contributed by atoms with Gasteiger partial charge in [-0.3, -0.25) is 10.1 Å². The van der Waals surface area contributed by atoms with Crippen LogP contribution >= 0.6 is 11.3 Å². The molecule has 2 aromatic rings. The number of hydrogen-bond acceptors (Lipinski definition) is 5. The van der Waals surface area contributed by atoms with E-state index in [9.17, 15) is 4.79 Å². The van der Waals surface area contributed by atoms with Crippen LogP contribution < -0.4 is 10.6 Å². The fraction of sp³-hybridized carbons (Fsp3) is 0.400. The molecule has 112 valence electrons. The highest BCUT2D eigenvalue weighted by molar-refractivity contribution is 7.15. The number of pyridine rings is 1. The molecule has 0 spiro atoms. The number of rotatable bonds is 5. The summed E-state index contributed by atoms with van der Waals surface area (Å²) in [6.45, 7) is 8.84. The summed E-state index contributed by atoms with van der Waals surface area (Å²) in [5.74, 6) is 0.828. The number of thiazole rings is 1. The van der Waals surface area contributed by atoms with Crippen LogP contribution in [0.3, 0.4) is 0 Å². The van der Waals surface area contributed by atoms with Crippen LogP contribution in [0.15, 0.2) is 18.3 Å². The van der Waals surface area contributed by atoms with Crippen LogP contribution in [0.2, 0.25) is 0 Å². The molecule has 2 aromatic heterocycles. The van der Waals surface area contributed by atoms with Gasteiger partial charge in [0.25, 0.3) is 5.91 Å². The fourth-order valence-electron chi connectivity index (χ4n) is 1.83. The number of anilines is 2. The van der Waals surface area contributed by atoms with Gasteiger partial charge in [0.05, 0.1) is 0 Å². The van der Waals surface area contributed by atoms with Crippen molar-refractivity contribution in [2.24, 2.45) is 0 Å². The molecule has 0 aliphatic heterocycles. The molecular formula is C15H20N4OS. The highest BCUT2D eigenvalue weighted by Crippen LogP contribution is 2.20. The van der Waals surface area contributed by atoms with Gasteiger partial charge in [-0.25, -0.2) is 9.97 Å². The molecule has 2 N–H and O–H groups in total. The molecule has 0 saturated carbocycles. The minimum absolute atomic E-state index is 0.159. The fourth-order valence-corrected chi connectivity index (χ4v) is 2.49. The molecule has 6 heteroatoms. The summed E-state index contributed by atoms with van der Waals surface area (Å²) in [6.07, 6.45) is 1.75. The van der Waals surface area contributed by atoms with Crippen molar-refractivity contribution < 1.29 is 4.79 Å². The van der Waals surface area contributed by atoms with Crippen molar-refractivity contribution in [2.75, 3.05) is 17.2 Å².